The van der Waals surface area contributed by atoms with E-state index in [2.05, 4.69) is 27.7 Å². The molecule has 1 heteroatoms. The standard InChI is InChI=1S/C12H27N/c1-5-12(6-2,10-13)9-7-8-11(3)4/h11H,5-10,13H2,1-4H3. The maximum atomic E-state index is 5.85. The molecule has 0 aromatic carbocycles. The zero-order valence-electron chi connectivity index (χ0n) is 9.90. The minimum absolute atomic E-state index is 0.439. The molecule has 0 aromatic heterocycles. The van der Waals surface area contributed by atoms with E-state index in [0.29, 0.717) is 5.41 Å². The van der Waals surface area contributed by atoms with Gasteiger partial charge in [0.25, 0.3) is 0 Å². The molecule has 80 valence electrons. The van der Waals surface area contributed by atoms with Gasteiger partial charge in [-0.1, -0.05) is 40.5 Å². The summed E-state index contributed by atoms with van der Waals surface area (Å²) >= 11 is 0. The molecule has 2 N–H and O–H groups in total. The largest absolute Gasteiger partial charge is 0.330 e. The summed E-state index contributed by atoms with van der Waals surface area (Å²) in [5.74, 6) is 0.837. The van der Waals surface area contributed by atoms with Gasteiger partial charge in [0.05, 0.1) is 0 Å². The van der Waals surface area contributed by atoms with Crippen molar-refractivity contribution in [2.24, 2.45) is 17.1 Å². The van der Waals surface area contributed by atoms with E-state index >= 15 is 0 Å². The number of hydrogen-bond acceptors (Lipinski definition) is 1. The molecule has 0 amide bonds. The van der Waals surface area contributed by atoms with Gasteiger partial charge in [-0.05, 0) is 37.1 Å². The first-order chi connectivity index (χ1) is 6.10. The van der Waals surface area contributed by atoms with Gasteiger partial charge in [-0.2, -0.15) is 0 Å². The Hall–Kier alpha value is -0.0400. The maximum absolute atomic E-state index is 5.85. The second kappa shape index (κ2) is 6.42. The monoisotopic (exact) mass is 185 g/mol. The van der Waals surface area contributed by atoms with Gasteiger partial charge >= 0.3 is 0 Å². The molecular formula is C12H27N. The topological polar surface area (TPSA) is 26.0 Å². The van der Waals surface area contributed by atoms with E-state index < -0.39 is 0 Å². The van der Waals surface area contributed by atoms with E-state index in [0.717, 1.165) is 12.5 Å². The molecule has 0 aliphatic rings. The van der Waals surface area contributed by atoms with E-state index in [9.17, 15) is 0 Å². The predicted molar refractivity (Wildman–Crippen MR) is 60.8 cm³/mol. The van der Waals surface area contributed by atoms with Crippen molar-refractivity contribution in [3.8, 4) is 0 Å². The Kier molecular flexibility index (Phi) is 6.40. The summed E-state index contributed by atoms with van der Waals surface area (Å²) in [6, 6.07) is 0. The first-order valence-corrected chi connectivity index (χ1v) is 5.80. The summed E-state index contributed by atoms with van der Waals surface area (Å²) in [4.78, 5) is 0. The van der Waals surface area contributed by atoms with Crippen LogP contribution in [0, 0.1) is 11.3 Å². The van der Waals surface area contributed by atoms with Crippen LogP contribution in [0.25, 0.3) is 0 Å². The van der Waals surface area contributed by atoms with Crippen LogP contribution in [-0.2, 0) is 0 Å². The summed E-state index contributed by atoms with van der Waals surface area (Å²) in [5.41, 5.74) is 6.29. The fraction of sp³-hybridized carbons (Fsp3) is 1.00. The lowest BCUT2D eigenvalue weighted by atomic mass is 9.77. The molecule has 0 aliphatic heterocycles. The Bertz CT molecular complexity index is 106. The molecule has 0 heterocycles. The van der Waals surface area contributed by atoms with Crippen molar-refractivity contribution in [3.05, 3.63) is 0 Å². The van der Waals surface area contributed by atoms with Gasteiger partial charge in [-0.3, -0.25) is 0 Å². The smallest absolute Gasteiger partial charge is 0.00207 e. The van der Waals surface area contributed by atoms with Gasteiger partial charge in [0.2, 0.25) is 0 Å². The number of nitrogens with two attached hydrogens (primary N) is 1. The summed E-state index contributed by atoms with van der Waals surface area (Å²) in [5, 5.41) is 0. The second-order valence-electron chi connectivity index (χ2n) is 4.70. The van der Waals surface area contributed by atoms with Crippen LogP contribution in [0.5, 0.6) is 0 Å². The highest BCUT2D eigenvalue weighted by Gasteiger charge is 2.23. The summed E-state index contributed by atoms with van der Waals surface area (Å²) in [7, 11) is 0. The molecule has 0 spiro atoms. The first-order valence-electron chi connectivity index (χ1n) is 5.80. The predicted octanol–water partition coefficient (Wildman–Crippen LogP) is 3.58. The van der Waals surface area contributed by atoms with Crippen LogP contribution in [-0.4, -0.2) is 6.54 Å². The van der Waals surface area contributed by atoms with Crippen LogP contribution >= 0.6 is 0 Å². The zero-order valence-corrected chi connectivity index (χ0v) is 9.90. The first kappa shape index (κ1) is 13.0. The third-order valence-electron chi connectivity index (χ3n) is 3.42. The molecule has 0 saturated heterocycles. The lowest BCUT2D eigenvalue weighted by Gasteiger charge is -2.30. The van der Waals surface area contributed by atoms with Crippen LogP contribution in [0.1, 0.15) is 59.8 Å². The highest BCUT2D eigenvalue weighted by Crippen LogP contribution is 2.31. The van der Waals surface area contributed by atoms with Gasteiger partial charge in [0.1, 0.15) is 0 Å². The molecular weight excluding hydrogens is 158 g/mol. The third kappa shape index (κ3) is 4.66. The molecule has 0 bridgehead atoms. The Morgan fingerprint density at radius 3 is 2.00 bits per heavy atom. The fourth-order valence-corrected chi connectivity index (χ4v) is 1.88. The van der Waals surface area contributed by atoms with Gasteiger partial charge in [-0.25, -0.2) is 0 Å². The van der Waals surface area contributed by atoms with Gasteiger partial charge in [0.15, 0.2) is 0 Å². The van der Waals surface area contributed by atoms with E-state index in [4.69, 9.17) is 5.73 Å². The molecule has 0 saturated carbocycles. The van der Waals surface area contributed by atoms with Gasteiger partial charge in [-0.15, -0.1) is 0 Å². The minimum Gasteiger partial charge on any atom is -0.330 e. The van der Waals surface area contributed by atoms with Crippen molar-refractivity contribution < 1.29 is 0 Å². The molecule has 0 rings (SSSR count). The lowest BCUT2D eigenvalue weighted by Crippen LogP contribution is -2.29. The Balaban J connectivity index is 3.81. The third-order valence-corrected chi connectivity index (χ3v) is 3.42. The SMILES string of the molecule is CCC(CC)(CN)CCCC(C)C. The summed E-state index contributed by atoms with van der Waals surface area (Å²) in [6.07, 6.45) is 6.48. The number of rotatable bonds is 7. The van der Waals surface area contributed by atoms with E-state index in [1.54, 1.807) is 0 Å². The Labute approximate surface area is 84.1 Å². The molecule has 0 aromatic rings. The lowest BCUT2D eigenvalue weighted by molar-refractivity contribution is 0.237. The van der Waals surface area contributed by atoms with E-state index in [-0.39, 0.29) is 0 Å². The highest BCUT2D eigenvalue weighted by molar-refractivity contribution is 4.77. The van der Waals surface area contributed by atoms with Crippen LogP contribution < -0.4 is 5.73 Å². The molecule has 0 aliphatic carbocycles. The Morgan fingerprint density at radius 1 is 1.15 bits per heavy atom. The second-order valence-corrected chi connectivity index (χ2v) is 4.70. The van der Waals surface area contributed by atoms with Crippen molar-refractivity contribution in [2.75, 3.05) is 6.54 Å². The number of hydrogen-bond donors (Lipinski definition) is 1. The van der Waals surface area contributed by atoms with E-state index in [1.807, 2.05) is 0 Å². The van der Waals surface area contributed by atoms with Gasteiger partial charge in [0, 0.05) is 0 Å². The van der Waals surface area contributed by atoms with Crippen molar-refractivity contribution in [1.82, 2.24) is 0 Å². The van der Waals surface area contributed by atoms with Crippen LogP contribution in [0.3, 0.4) is 0 Å². The molecule has 0 atom stereocenters. The quantitative estimate of drug-likeness (QED) is 0.644. The molecule has 1 nitrogen and oxygen atoms in total. The van der Waals surface area contributed by atoms with Crippen LogP contribution in [0.15, 0.2) is 0 Å². The summed E-state index contributed by atoms with van der Waals surface area (Å²) < 4.78 is 0. The van der Waals surface area contributed by atoms with Crippen molar-refractivity contribution in [1.29, 1.82) is 0 Å². The minimum atomic E-state index is 0.439. The molecule has 0 fully saturated rings. The zero-order chi connectivity index (χ0) is 10.3. The summed E-state index contributed by atoms with van der Waals surface area (Å²) in [6.45, 7) is 9.99. The molecule has 13 heavy (non-hydrogen) atoms. The Morgan fingerprint density at radius 2 is 1.69 bits per heavy atom. The van der Waals surface area contributed by atoms with E-state index in [1.165, 1.54) is 32.1 Å². The molecule has 0 unspecified atom stereocenters. The van der Waals surface area contributed by atoms with Crippen molar-refractivity contribution >= 4 is 0 Å². The average Bonchev–Trinajstić information content (AvgIpc) is 2.13. The maximum Gasteiger partial charge on any atom is -0.00207 e. The fourth-order valence-electron chi connectivity index (χ4n) is 1.88. The van der Waals surface area contributed by atoms with Crippen molar-refractivity contribution in [3.63, 3.8) is 0 Å². The highest BCUT2D eigenvalue weighted by atomic mass is 14.6. The van der Waals surface area contributed by atoms with Crippen molar-refractivity contribution in [2.45, 2.75) is 59.8 Å². The van der Waals surface area contributed by atoms with Gasteiger partial charge < -0.3 is 5.73 Å². The normalized spacial score (nSPS) is 12.5. The van der Waals surface area contributed by atoms with Crippen LogP contribution in [0.4, 0.5) is 0 Å². The average molecular weight is 185 g/mol. The molecule has 0 radical (unpaired) electrons. The van der Waals surface area contributed by atoms with Crippen LogP contribution in [0.2, 0.25) is 0 Å².